The zero-order chi connectivity index (χ0) is 29.1. The lowest BCUT2D eigenvalue weighted by atomic mass is 10.1. The second-order valence-electron chi connectivity index (χ2n) is 7.80. The molecular weight excluding hydrogens is 557 g/mol. The Labute approximate surface area is 221 Å². The predicted molar refractivity (Wildman–Crippen MR) is 129 cm³/mol. The van der Waals surface area contributed by atoms with Gasteiger partial charge in [-0.2, -0.15) is 13.2 Å². The number of halogens is 7. The SMILES string of the molecule is COc1ccc(C(=O)Nc2ccc(SC(C)C(=O)Nc3c(F)c(F)c(C(F)(F)F)c(F)c3F)cc2)cc1OC. The van der Waals surface area contributed by atoms with E-state index < -0.39 is 57.8 Å². The molecule has 208 valence electrons. The van der Waals surface area contributed by atoms with Gasteiger partial charge in [0.1, 0.15) is 11.3 Å². The van der Waals surface area contributed by atoms with Crippen molar-refractivity contribution in [3.05, 3.63) is 76.9 Å². The highest BCUT2D eigenvalue weighted by Crippen LogP contribution is 2.39. The Hall–Kier alpha value is -3.94. The molecule has 0 aliphatic rings. The van der Waals surface area contributed by atoms with Crippen molar-refractivity contribution in [3.8, 4) is 11.5 Å². The number of hydrogen-bond donors (Lipinski definition) is 2. The molecule has 2 N–H and O–H groups in total. The van der Waals surface area contributed by atoms with E-state index >= 15 is 0 Å². The quantitative estimate of drug-likeness (QED) is 0.178. The van der Waals surface area contributed by atoms with Gasteiger partial charge in [0, 0.05) is 16.1 Å². The third kappa shape index (κ3) is 6.56. The Morgan fingerprint density at radius 3 is 1.90 bits per heavy atom. The number of benzene rings is 3. The van der Waals surface area contributed by atoms with E-state index in [9.17, 15) is 40.3 Å². The Morgan fingerprint density at radius 2 is 1.38 bits per heavy atom. The van der Waals surface area contributed by atoms with E-state index in [2.05, 4.69) is 5.32 Å². The van der Waals surface area contributed by atoms with Crippen LogP contribution in [0.1, 0.15) is 22.8 Å². The van der Waals surface area contributed by atoms with E-state index in [1.165, 1.54) is 57.5 Å². The molecule has 0 radical (unpaired) electrons. The summed E-state index contributed by atoms with van der Waals surface area (Å²) in [4.78, 5) is 25.4. The minimum Gasteiger partial charge on any atom is -0.493 e. The van der Waals surface area contributed by atoms with E-state index in [0.29, 0.717) is 22.1 Å². The lowest BCUT2D eigenvalue weighted by Gasteiger charge is -2.16. The van der Waals surface area contributed by atoms with Crippen molar-refractivity contribution in [1.82, 2.24) is 0 Å². The minimum absolute atomic E-state index is 0.284. The number of anilines is 2. The van der Waals surface area contributed by atoms with Crippen LogP contribution >= 0.6 is 11.8 Å². The lowest BCUT2D eigenvalue weighted by Crippen LogP contribution is -2.25. The van der Waals surface area contributed by atoms with Crippen molar-refractivity contribution in [1.29, 1.82) is 0 Å². The molecule has 0 saturated carbocycles. The number of thioether (sulfide) groups is 1. The van der Waals surface area contributed by atoms with Crippen LogP contribution < -0.4 is 20.1 Å². The molecule has 3 rings (SSSR count). The highest BCUT2D eigenvalue weighted by molar-refractivity contribution is 8.00. The topological polar surface area (TPSA) is 76.7 Å². The van der Waals surface area contributed by atoms with Crippen molar-refractivity contribution in [2.45, 2.75) is 23.2 Å². The molecule has 0 bridgehead atoms. The van der Waals surface area contributed by atoms with Gasteiger partial charge in [-0.1, -0.05) is 0 Å². The molecule has 0 spiro atoms. The molecule has 0 heterocycles. The van der Waals surface area contributed by atoms with Crippen LogP contribution in [0, 0.1) is 23.3 Å². The third-order valence-electron chi connectivity index (χ3n) is 5.24. The van der Waals surface area contributed by atoms with Crippen molar-refractivity contribution in [2.75, 3.05) is 24.9 Å². The van der Waals surface area contributed by atoms with Crippen LogP contribution in [0.3, 0.4) is 0 Å². The summed E-state index contributed by atoms with van der Waals surface area (Å²) < 4.78 is 104. The number of ether oxygens (including phenoxy) is 2. The maximum absolute atomic E-state index is 14.1. The molecule has 0 aromatic heterocycles. The largest absolute Gasteiger partial charge is 0.493 e. The molecule has 1 unspecified atom stereocenters. The number of carbonyl (C=O) groups excluding carboxylic acids is 2. The van der Waals surface area contributed by atoms with Crippen LogP contribution in [0.25, 0.3) is 0 Å². The van der Waals surface area contributed by atoms with Gasteiger partial charge in [0.15, 0.2) is 34.8 Å². The number of alkyl halides is 3. The molecule has 2 amide bonds. The number of methoxy groups -OCH3 is 2. The Bertz CT molecular complexity index is 1370. The van der Waals surface area contributed by atoms with Crippen LogP contribution in [0.15, 0.2) is 47.4 Å². The molecule has 6 nitrogen and oxygen atoms in total. The molecule has 3 aromatic rings. The highest BCUT2D eigenvalue weighted by Gasteiger charge is 2.42. The summed E-state index contributed by atoms with van der Waals surface area (Å²) in [6.07, 6.45) is -5.70. The number of nitrogens with one attached hydrogen (secondary N) is 2. The van der Waals surface area contributed by atoms with E-state index in [-0.39, 0.29) is 5.56 Å². The third-order valence-corrected chi connectivity index (χ3v) is 6.35. The van der Waals surface area contributed by atoms with Gasteiger partial charge >= 0.3 is 6.18 Å². The highest BCUT2D eigenvalue weighted by atomic mass is 32.2. The van der Waals surface area contributed by atoms with Crippen molar-refractivity contribution in [3.63, 3.8) is 0 Å². The Kier molecular flexibility index (Phi) is 8.99. The molecular formula is C25H19F7N2O4S. The second-order valence-corrected chi connectivity index (χ2v) is 9.22. The molecule has 0 saturated heterocycles. The van der Waals surface area contributed by atoms with Gasteiger partial charge in [-0.25, -0.2) is 17.6 Å². The maximum Gasteiger partial charge on any atom is 0.422 e. The number of carbonyl (C=O) groups is 2. The molecule has 3 aromatic carbocycles. The molecule has 0 aliphatic carbocycles. The zero-order valence-electron chi connectivity index (χ0n) is 20.3. The molecule has 39 heavy (non-hydrogen) atoms. The average molecular weight is 576 g/mol. The van der Waals surface area contributed by atoms with Crippen LogP contribution in [0.4, 0.5) is 42.1 Å². The summed E-state index contributed by atoms with van der Waals surface area (Å²) >= 11 is 0.864. The monoisotopic (exact) mass is 576 g/mol. The number of amides is 2. The van der Waals surface area contributed by atoms with Crippen LogP contribution in [0.5, 0.6) is 11.5 Å². The zero-order valence-corrected chi connectivity index (χ0v) is 21.1. The van der Waals surface area contributed by atoms with Gasteiger partial charge in [0.05, 0.1) is 19.5 Å². The van der Waals surface area contributed by atoms with Gasteiger partial charge in [-0.05, 0) is 49.4 Å². The summed E-state index contributed by atoms with van der Waals surface area (Å²) in [5, 5.41) is 3.15. The van der Waals surface area contributed by atoms with E-state index in [1.807, 2.05) is 0 Å². The summed E-state index contributed by atoms with van der Waals surface area (Å²) in [5.41, 5.74) is -3.75. The van der Waals surface area contributed by atoms with Crippen molar-refractivity contribution >= 4 is 35.0 Å². The first-order valence-electron chi connectivity index (χ1n) is 10.8. The van der Waals surface area contributed by atoms with Gasteiger partial charge < -0.3 is 20.1 Å². The van der Waals surface area contributed by atoms with Crippen LogP contribution in [0.2, 0.25) is 0 Å². The summed E-state index contributed by atoms with van der Waals surface area (Å²) in [6, 6.07) is 10.6. The Balaban J connectivity index is 1.68. The fourth-order valence-corrected chi connectivity index (χ4v) is 4.14. The second kappa shape index (κ2) is 11.8. The standard InChI is InChI=1S/C25H19F7N2O4S/c1-11(23(35)34-22-20(28)18(26)17(25(30,31)32)19(27)21(22)29)39-14-7-5-13(6-8-14)33-24(36)12-4-9-15(37-2)16(10-12)38-3/h4-11H,1-3H3,(H,33,36)(H,34,35). The lowest BCUT2D eigenvalue weighted by molar-refractivity contribution is -0.143. The summed E-state index contributed by atoms with van der Waals surface area (Å²) in [5.74, 6) is -10.9. The first kappa shape index (κ1) is 29.6. The van der Waals surface area contributed by atoms with E-state index in [0.717, 1.165) is 11.8 Å². The first-order valence-corrected chi connectivity index (χ1v) is 11.7. The van der Waals surface area contributed by atoms with Gasteiger partial charge in [-0.15, -0.1) is 11.8 Å². The van der Waals surface area contributed by atoms with Crippen LogP contribution in [-0.2, 0) is 11.0 Å². The molecule has 0 aliphatic heterocycles. The first-order chi connectivity index (χ1) is 18.3. The number of rotatable bonds is 8. The normalized spacial score (nSPS) is 12.1. The van der Waals surface area contributed by atoms with Gasteiger partial charge in [-0.3, -0.25) is 9.59 Å². The summed E-state index contributed by atoms with van der Waals surface area (Å²) in [6.45, 7) is 1.29. The van der Waals surface area contributed by atoms with Crippen LogP contribution in [-0.4, -0.2) is 31.3 Å². The fourth-order valence-electron chi connectivity index (χ4n) is 3.27. The van der Waals surface area contributed by atoms with E-state index in [4.69, 9.17) is 9.47 Å². The Morgan fingerprint density at radius 1 is 0.821 bits per heavy atom. The average Bonchev–Trinajstić information content (AvgIpc) is 2.89. The predicted octanol–water partition coefficient (Wildman–Crippen LogP) is 6.65. The molecule has 14 heteroatoms. The minimum atomic E-state index is -5.70. The molecule has 0 fully saturated rings. The fraction of sp³-hybridized carbons (Fsp3) is 0.200. The summed E-state index contributed by atoms with van der Waals surface area (Å²) in [7, 11) is 2.87. The van der Waals surface area contributed by atoms with Gasteiger partial charge in [0.25, 0.3) is 5.91 Å². The van der Waals surface area contributed by atoms with Crippen molar-refractivity contribution < 1.29 is 49.8 Å². The van der Waals surface area contributed by atoms with E-state index in [1.54, 1.807) is 11.4 Å². The van der Waals surface area contributed by atoms with Gasteiger partial charge in [0.2, 0.25) is 5.91 Å². The number of hydrogen-bond acceptors (Lipinski definition) is 5. The maximum atomic E-state index is 14.1. The smallest absolute Gasteiger partial charge is 0.422 e. The van der Waals surface area contributed by atoms with Crippen molar-refractivity contribution in [2.24, 2.45) is 0 Å². The molecule has 1 atom stereocenters.